The third-order valence-corrected chi connectivity index (χ3v) is 5.06. The summed E-state index contributed by atoms with van der Waals surface area (Å²) in [6, 6.07) is 12.6. The van der Waals surface area contributed by atoms with Gasteiger partial charge < -0.3 is 15.4 Å². The third kappa shape index (κ3) is 4.09. The molecule has 1 aliphatic heterocycles. The normalized spacial score (nSPS) is 14.8. The van der Waals surface area contributed by atoms with Crippen molar-refractivity contribution in [1.29, 1.82) is 0 Å². The van der Waals surface area contributed by atoms with Crippen LogP contribution >= 0.6 is 0 Å². The number of carbonyl (C=O) groups excluding carboxylic acids is 1. The van der Waals surface area contributed by atoms with Crippen molar-refractivity contribution >= 4 is 11.6 Å². The molecule has 7 heteroatoms. The summed E-state index contributed by atoms with van der Waals surface area (Å²) >= 11 is 0. The number of nitro benzene ring substituents is 1. The van der Waals surface area contributed by atoms with Crippen molar-refractivity contribution in [2.45, 2.75) is 25.3 Å². The molecule has 2 aromatic rings. The zero-order valence-corrected chi connectivity index (χ0v) is 15.3. The van der Waals surface area contributed by atoms with E-state index in [0.29, 0.717) is 31.1 Å². The van der Waals surface area contributed by atoms with Crippen LogP contribution in [0.25, 0.3) is 0 Å². The first-order valence-corrected chi connectivity index (χ1v) is 8.94. The average molecular weight is 369 g/mol. The number of hydrogen-bond donors (Lipinski definition) is 1. The zero-order chi connectivity index (χ0) is 19.4. The van der Waals surface area contributed by atoms with Crippen LogP contribution < -0.4 is 10.5 Å². The molecule has 1 heterocycles. The lowest BCUT2D eigenvalue weighted by Gasteiger charge is -2.32. The number of nitrogens with two attached hydrogens (primary N) is 1. The minimum absolute atomic E-state index is 0.148. The van der Waals surface area contributed by atoms with E-state index in [1.807, 2.05) is 12.1 Å². The Hall–Kier alpha value is -2.93. The van der Waals surface area contributed by atoms with E-state index >= 15 is 0 Å². The maximum absolute atomic E-state index is 12.8. The number of hydrogen-bond acceptors (Lipinski definition) is 5. The maximum Gasteiger partial charge on any atom is 0.311 e. The number of benzene rings is 2. The highest BCUT2D eigenvalue weighted by molar-refractivity contribution is 5.95. The standard InChI is InChI=1S/C20H23N3O4/c1-27-19-6-5-17(12-18(19)23(25)26)20(24)22-9-7-15(8-10-22)16-4-2-3-14(11-16)13-21/h2-6,11-12,15H,7-10,13,21H2,1H3. The number of methoxy groups -OCH3 is 1. The van der Waals surface area contributed by atoms with Gasteiger partial charge >= 0.3 is 5.69 Å². The van der Waals surface area contributed by atoms with Crippen molar-refractivity contribution in [3.05, 3.63) is 69.3 Å². The monoisotopic (exact) mass is 369 g/mol. The third-order valence-electron chi connectivity index (χ3n) is 5.06. The molecular weight excluding hydrogens is 346 g/mol. The Bertz CT molecular complexity index is 845. The van der Waals surface area contributed by atoms with Crippen molar-refractivity contribution in [3.63, 3.8) is 0 Å². The molecule has 1 saturated heterocycles. The van der Waals surface area contributed by atoms with Gasteiger partial charge in [0.05, 0.1) is 12.0 Å². The van der Waals surface area contributed by atoms with Gasteiger partial charge in [0.15, 0.2) is 5.75 Å². The predicted octanol–water partition coefficient (Wildman–Crippen LogP) is 3.08. The van der Waals surface area contributed by atoms with Gasteiger partial charge in [0.25, 0.3) is 5.91 Å². The molecule has 0 aromatic heterocycles. The van der Waals surface area contributed by atoms with Crippen LogP contribution in [0.5, 0.6) is 5.75 Å². The van der Waals surface area contributed by atoms with E-state index in [-0.39, 0.29) is 17.3 Å². The number of amides is 1. The molecule has 1 aliphatic rings. The van der Waals surface area contributed by atoms with E-state index in [9.17, 15) is 14.9 Å². The van der Waals surface area contributed by atoms with Crippen LogP contribution in [0.1, 0.15) is 40.2 Å². The Morgan fingerprint density at radius 1 is 1.26 bits per heavy atom. The Labute approximate surface area is 157 Å². The van der Waals surface area contributed by atoms with Crippen LogP contribution in [-0.2, 0) is 6.54 Å². The van der Waals surface area contributed by atoms with E-state index < -0.39 is 4.92 Å². The predicted molar refractivity (Wildman–Crippen MR) is 102 cm³/mol. The lowest BCUT2D eigenvalue weighted by atomic mass is 9.88. The van der Waals surface area contributed by atoms with Crippen LogP contribution in [0.15, 0.2) is 42.5 Å². The summed E-state index contributed by atoms with van der Waals surface area (Å²) in [6.07, 6.45) is 1.72. The number of nitro groups is 1. The Kier molecular flexibility index (Phi) is 5.71. The molecular formula is C20H23N3O4. The number of piperidine rings is 1. The lowest BCUT2D eigenvalue weighted by Crippen LogP contribution is -2.38. The molecule has 142 valence electrons. The van der Waals surface area contributed by atoms with E-state index in [1.54, 1.807) is 11.0 Å². The second kappa shape index (κ2) is 8.18. The summed E-state index contributed by atoms with van der Waals surface area (Å²) in [4.78, 5) is 25.2. The molecule has 2 aromatic carbocycles. The first kappa shape index (κ1) is 18.8. The number of rotatable bonds is 5. The highest BCUT2D eigenvalue weighted by Crippen LogP contribution is 2.31. The second-order valence-corrected chi connectivity index (χ2v) is 6.66. The van der Waals surface area contributed by atoms with Gasteiger partial charge in [-0.25, -0.2) is 0 Å². The summed E-state index contributed by atoms with van der Waals surface area (Å²) in [6.45, 7) is 1.76. The fourth-order valence-electron chi connectivity index (χ4n) is 3.54. The lowest BCUT2D eigenvalue weighted by molar-refractivity contribution is -0.385. The number of ether oxygens (including phenoxy) is 1. The maximum atomic E-state index is 12.8. The van der Waals surface area contributed by atoms with Crippen molar-refractivity contribution in [3.8, 4) is 5.75 Å². The van der Waals surface area contributed by atoms with Gasteiger partial charge in [-0.05, 0) is 42.0 Å². The number of likely N-dealkylation sites (tertiary alicyclic amines) is 1. The van der Waals surface area contributed by atoms with Gasteiger partial charge in [-0.3, -0.25) is 14.9 Å². The van der Waals surface area contributed by atoms with E-state index in [1.165, 1.54) is 24.8 Å². The molecule has 27 heavy (non-hydrogen) atoms. The summed E-state index contributed by atoms with van der Waals surface area (Å²) in [5.74, 6) is 0.357. The minimum atomic E-state index is -0.535. The average Bonchev–Trinajstić information content (AvgIpc) is 2.72. The Morgan fingerprint density at radius 3 is 2.63 bits per heavy atom. The summed E-state index contributed by atoms with van der Waals surface area (Å²) < 4.78 is 4.99. The summed E-state index contributed by atoms with van der Waals surface area (Å²) in [5.41, 5.74) is 8.20. The van der Waals surface area contributed by atoms with E-state index in [0.717, 1.165) is 18.4 Å². The van der Waals surface area contributed by atoms with Gasteiger partial charge in [-0.1, -0.05) is 24.3 Å². The number of carbonyl (C=O) groups is 1. The van der Waals surface area contributed by atoms with Crippen LogP contribution in [0.3, 0.4) is 0 Å². The van der Waals surface area contributed by atoms with Crippen LogP contribution in [-0.4, -0.2) is 35.9 Å². The van der Waals surface area contributed by atoms with Gasteiger partial charge in [0, 0.05) is 31.3 Å². The molecule has 1 fully saturated rings. The second-order valence-electron chi connectivity index (χ2n) is 6.66. The largest absolute Gasteiger partial charge is 0.490 e. The summed E-state index contributed by atoms with van der Waals surface area (Å²) in [5, 5.41) is 11.2. The number of nitrogens with zero attached hydrogens (tertiary/aromatic N) is 2. The van der Waals surface area contributed by atoms with Crippen LogP contribution in [0, 0.1) is 10.1 Å². The molecule has 0 unspecified atom stereocenters. The first-order chi connectivity index (χ1) is 13.0. The Balaban J connectivity index is 1.69. The molecule has 0 aliphatic carbocycles. The smallest absolute Gasteiger partial charge is 0.311 e. The molecule has 7 nitrogen and oxygen atoms in total. The Morgan fingerprint density at radius 2 is 2.00 bits per heavy atom. The molecule has 0 bridgehead atoms. The highest BCUT2D eigenvalue weighted by atomic mass is 16.6. The fourth-order valence-corrected chi connectivity index (χ4v) is 3.54. The summed E-state index contributed by atoms with van der Waals surface area (Å²) in [7, 11) is 1.37. The first-order valence-electron chi connectivity index (χ1n) is 8.94. The molecule has 2 N–H and O–H groups in total. The zero-order valence-electron chi connectivity index (χ0n) is 15.3. The molecule has 0 atom stereocenters. The molecule has 3 rings (SSSR count). The SMILES string of the molecule is COc1ccc(C(=O)N2CCC(c3cccc(CN)c3)CC2)cc1[N+](=O)[O-]. The fraction of sp³-hybridized carbons (Fsp3) is 0.350. The van der Waals surface area contributed by atoms with Gasteiger partial charge in [-0.2, -0.15) is 0 Å². The van der Waals surface area contributed by atoms with Crippen molar-refractivity contribution < 1.29 is 14.5 Å². The van der Waals surface area contributed by atoms with Gasteiger partial charge in [0.1, 0.15) is 0 Å². The van der Waals surface area contributed by atoms with E-state index in [2.05, 4.69) is 12.1 Å². The van der Waals surface area contributed by atoms with E-state index in [4.69, 9.17) is 10.5 Å². The van der Waals surface area contributed by atoms with Gasteiger partial charge in [-0.15, -0.1) is 0 Å². The van der Waals surface area contributed by atoms with Crippen molar-refractivity contribution in [1.82, 2.24) is 4.90 Å². The highest BCUT2D eigenvalue weighted by Gasteiger charge is 2.26. The van der Waals surface area contributed by atoms with Crippen molar-refractivity contribution in [2.24, 2.45) is 5.73 Å². The quantitative estimate of drug-likeness (QED) is 0.645. The molecule has 1 amide bonds. The van der Waals surface area contributed by atoms with Crippen LogP contribution in [0.2, 0.25) is 0 Å². The molecule has 0 radical (unpaired) electrons. The minimum Gasteiger partial charge on any atom is -0.490 e. The van der Waals surface area contributed by atoms with Crippen molar-refractivity contribution in [2.75, 3.05) is 20.2 Å². The molecule has 0 saturated carbocycles. The van der Waals surface area contributed by atoms with Gasteiger partial charge in [0.2, 0.25) is 0 Å². The molecule has 0 spiro atoms. The topological polar surface area (TPSA) is 98.7 Å². The van der Waals surface area contributed by atoms with Crippen LogP contribution in [0.4, 0.5) is 5.69 Å².